The summed E-state index contributed by atoms with van der Waals surface area (Å²) >= 11 is 0. The first-order valence-electron chi connectivity index (χ1n) is 10.1. The van der Waals surface area contributed by atoms with Crippen molar-refractivity contribution >= 4 is 0 Å². The molecule has 0 spiro atoms. The summed E-state index contributed by atoms with van der Waals surface area (Å²) < 4.78 is 0. The Hall–Kier alpha value is -0.120. The lowest BCUT2D eigenvalue weighted by Crippen LogP contribution is -2.54. The lowest BCUT2D eigenvalue weighted by molar-refractivity contribution is -0.140. The number of aliphatic hydroxyl groups is 3. The lowest BCUT2D eigenvalue weighted by atomic mass is 9.48. The highest BCUT2D eigenvalue weighted by atomic mass is 16.3. The second-order valence-corrected chi connectivity index (χ2v) is 10.1. The first-order chi connectivity index (χ1) is 11.2. The highest BCUT2D eigenvalue weighted by Gasteiger charge is 2.61. The SMILES string of the molecule is C[C@H]1CC[C@](C)([C@H]2CC[C@@]3(C)[C@@H](CC[C@]3(C)O)[C@@H]2CO)[C@@H](CO)C1. The summed E-state index contributed by atoms with van der Waals surface area (Å²) in [6.07, 6.45) is 7.53. The predicted octanol–water partition coefficient (Wildman–Crippen LogP) is 3.61. The average Bonchev–Trinajstić information content (AvgIpc) is 2.79. The molecular weight excluding hydrogens is 300 g/mol. The molecule has 0 aromatic heterocycles. The van der Waals surface area contributed by atoms with E-state index in [1.54, 1.807) is 0 Å². The smallest absolute Gasteiger partial charge is 0.0675 e. The van der Waals surface area contributed by atoms with Crippen molar-refractivity contribution in [2.45, 2.75) is 78.2 Å². The summed E-state index contributed by atoms with van der Waals surface area (Å²) in [6, 6.07) is 0. The predicted molar refractivity (Wildman–Crippen MR) is 96.5 cm³/mol. The van der Waals surface area contributed by atoms with Gasteiger partial charge in [-0.2, -0.15) is 0 Å². The summed E-state index contributed by atoms with van der Waals surface area (Å²) in [7, 11) is 0. The Labute approximate surface area is 147 Å². The van der Waals surface area contributed by atoms with Gasteiger partial charge in [-0.15, -0.1) is 0 Å². The molecule has 0 amide bonds. The van der Waals surface area contributed by atoms with Gasteiger partial charge in [-0.25, -0.2) is 0 Å². The second-order valence-electron chi connectivity index (χ2n) is 10.1. The van der Waals surface area contributed by atoms with Crippen molar-refractivity contribution in [2.24, 2.45) is 40.4 Å². The van der Waals surface area contributed by atoms with E-state index in [1.165, 1.54) is 12.8 Å². The van der Waals surface area contributed by atoms with Crippen molar-refractivity contribution in [1.82, 2.24) is 0 Å². The van der Waals surface area contributed by atoms with Gasteiger partial charge in [0.05, 0.1) is 5.60 Å². The normalized spacial score (nSPS) is 55.4. The molecule has 3 N–H and O–H groups in total. The zero-order chi connectivity index (χ0) is 17.8. The lowest BCUT2D eigenvalue weighted by Gasteiger charge is -2.57. The summed E-state index contributed by atoms with van der Waals surface area (Å²) in [5, 5.41) is 31.3. The topological polar surface area (TPSA) is 60.7 Å². The first kappa shape index (κ1) is 18.7. The van der Waals surface area contributed by atoms with E-state index in [4.69, 9.17) is 0 Å². The van der Waals surface area contributed by atoms with E-state index in [0.29, 0.717) is 23.7 Å². The van der Waals surface area contributed by atoms with Crippen LogP contribution in [0.1, 0.15) is 72.6 Å². The minimum absolute atomic E-state index is 0.0655. The average molecular weight is 339 g/mol. The third-order valence-electron chi connectivity index (χ3n) is 9.07. The van der Waals surface area contributed by atoms with Crippen LogP contribution in [-0.2, 0) is 0 Å². The van der Waals surface area contributed by atoms with Crippen molar-refractivity contribution in [1.29, 1.82) is 0 Å². The molecule has 0 aromatic carbocycles. The van der Waals surface area contributed by atoms with Crippen molar-refractivity contribution in [2.75, 3.05) is 13.2 Å². The number of aliphatic hydroxyl groups excluding tert-OH is 2. The largest absolute Gasteiger partial charge is 0.396 e. The van der Waals surface area contributed by atoms with Crippen LogP contribution in [0.4, 0.5) is 0 Å². The first-order valence-corrected chi connectivity index (χ1v) is 10.1. The van der Waals surface area contributed by atoms with Gasteiger partial charge >= 0.3 is 0 Å². The maximum absolute atomic E-state index is 10.9. The molecule has 0 heterocycles. The number of fused-ring (bicyclic) bond motifs is 1. The molecule has 0 aliphatic heterocycles. The van der Waals surface area contributed by atoms with E-state index >= 15 is 0 Å². The van der Waals surface area contributed by atoms with Crippen LogP contribution >= 0.6 is 0 Å². The highest BCUT2D eigenvalue weighted by Crippen LogP contribution is 2.64. The van der Waals surface area contributed by atoms with E-state index in [1.807, 2.05) is 6.92 Å². The van der Waals surface area contributed by atoms with Crippen molar-refractivity contribution in [3.63, 3.8) is 0 Å². The third-order valence-corrected chi connectivity index (χ3v) is 9.07. The Morgan fingerprint density at radius 1 is 0.875 bits per heavy atom. The Kier molecular flexibility index (Phi) is 4.86. The Morgan fingerprint density at radius 3 is 2.17 bits per heavy atom. The molecule has 3 aliphatic carbocycles. The minimum atomic E-state index is -0.603. The zero-order valence-electron chi connectivity index (χ0n) is 16.1. The van der Waals surface area contributed by atoms with Gasteiger partial charge in [0.2, 0.25) is 0 Å². The maximum atomic E-state index is 10.9. The van der Waals surface area contributed by atoms with Gasteiger partial charge in [-0.05, 0) is 85.9 Å². The van der Waals surface area contributed by atoms with E-state index < -0.39 is 5.60 Å². The van der Waals surface area contributed by atoms with Gasteiger partial charge in [-0.1, -0.05) is 27.2 Å². The fourth-order valence-electron chi connectivity index (χ4n) is 7.01. The number of hydrogen-bond donors (Lipinski definition) is 3. The Bertz CT molecular complexity index is 462. The van der Waals surface area contributed by atoms with E-state index in [0.717, 1.165) is 32.1 Å². The van der Waals surface area contributed by atoms with Crippen LogP contribution in [0.15, 0.2) is 0 Å². The molecule has 8 atom stereocenters. The number of rotatable bonds is 3. The molecule has 0 bridgehead atoms. The molecule has 0 unspecified atom stereocenters. The summed E-state index contributed by atoms with van der Waals surface area (Å²) in [5.74, 6) is 2.20. The van der Waals surface area contributed by atoms with Crippen molar-refractivity contribution < 1.29 is 15.3 Å². The van der Waals surface area contributed by atoms with Gasteiger partial charge in [-0.3, -0.25) is 0 Å². The Balaban J connectivity index is 1.90. The monoisotopic (exact) mass is 338 g/mol. The standard InChI is InChI=1S/C21H38O3/c1-14-5-8-19(2,15(11-14)12-22)17-6-9-20(3)18(16(17)13-23)7-10-21(20,4)24/h14-18,22-24H,5-13H2,1-4H3/t14-,15+,16+,17-,18-,19-,20-,21-/m0/s1. The van der Waals surface area contributed by atoms with Crippen molar-refractivity contribution in [3.05, 3.63) is 0 Å². The zero-order valence-corrected chi connectivity index (χ0v) is 16.1. The molecule has 140 valence electrons. The van der Waals surface area contributed by atoms with Crippen LogP contribution in [0.3, 0.4) is 0 Å². The van der Waals surface area contributed by atoms with E-state index in [2.05, 4.69) is 20.8 Å². The summed E-state index contributed by atoms with van der Waals surface area (Å²) in [6.45, 7) is 9.43. The second kappa shape index (κ2) is 6.25. The van der Waals surface area contributed by atoms with Crippen LogP contribution in [0, 0.1) is 40.4 Å². The van der Waals surface area contributed by atoms with Gasteiger partial charge in [0.1, 0.15) is 0 Å². The molecular formula is C21H38O3. The summed E-state index contributed by atoms with van der Waals surface area (Å²) in [4.78, 5) is 0. The fraction of sp³-hybridized carbons (Fsp3) is 1.00. The molecule has 0 aromatic rings. The van der Waals surface area contributed by atoms with Gasteiger partial charge in [0.15, 0.2) is 0 Å². The van der Waals surface area contributed by atoms with Crippen LogP contribution < -0.4 is 0 Å². The molecule has 3 heteroatoms. The van der Waals surface area contributed by atoms with E-state index in [9.17, 15) is 15.3 Å². The Morgan fingerprint density at radius 2 is 1.54 bits per heavy atom. The minimum Gasteiger partial charge on any atom is -0.396 e. The summed E-state index contributed by atoms with van der Waals surface area (Å²) in [5.41, 5.74) is -0.539. The molecule has 0 radical (unpaired) electrons. The van der Waals surface area contributed by atoms with Gasteiger partial charge < -0.3 is 15.3 Å². The molecule has 0 saturated heterocycles. The van der Waals surface area contributed by atoms with Crippen LogP contribution in [0.5, 0.6) is 0 Å². The van der Waals surface area contributed by atoms with Crippen LogP contribution in [-0.4, -0.2) is 34.1 Å². The van der Waals surface area contributed by atoms with Crippen LogP contribution in [0.2, 0.25) is 0 Å². The third kappa shape index (κ3) is 2.57. The number of hydrogen-bond acceptors (Lipinski definition) is 3. The molecule has 3 aliphatic rings. The molecule has 3 nitrogen and oxygen atoms in total. The molecule has 3 saturated carbocycles. The fourth-order valence-corrected chi connectivity index (χ4v) is 7.01. The van der Waals surface area contributed by atoms with E-state index in [-0.39, 0.29) is 30.0 Å². The van der Waals surface area contributed by atoms with Gasteiger partial charge in [0, 0.05) is 13.2 Å². The molecule has 24 heavy (non-hydrogen) atoms. The maximum Gasteiger partial charge on any atom is 0.0675 e. The van der Waals surface area contributed by atoms with Crippen molar-refractivity contribution in [3.8, 4) is 0 Å². The van der Waals surface area contributed by atoms with Gasteiger partial charge in [0.25, 0.3) is 0 Å². The molecule has 3 fully saturated rings. The quantitative estimate of drug-likeness (QED) is 0.737. The molecule has 3 rings (SSSR count). The van der Waals surface area contributed by atoms with Crippen LogP contribution in [0.25, 0.3) is 0 Å². The highest BCUT2D eigenvalue weighted by molar-refractivity contribution is 5.11.